The predicted molar refractivity (Wildman–Crippen MR) is 66.8 cm³/mol. The van der Waals surface area contributed by atoms with Gasteiger partial charge in [0.25, 0.3) is 0 Å². The molecule has 0 bridgehead atoms. The fraction of sp³-hybridized carbons (Fsp3) is 0.538. The molecular weight excluding hydrogens is 234 g/mol. The van der Waals surface area contributed by atoms with Gasteiger partial charge in [-0.15, -0.1) is 0 Å². The number of carbonyl (C=O) groups is 2. The first-order valence-corrected chi connectivity index (χ1v) is 5.88. The average Bonchev–Trinajstić information content (AvgIpc) is 2.27. The van der Waals surface area contributed by atoms with Crippen molar-refractivity contribution in [3.8, 4) is 0 Å². The predicted octanol–water partition coefficient (Wildman–Crippen LogP) is 2.24. The molecule has 18 heavy (non-hydrogen) atoms. The molecular formula is C13H19NO4. The summed E-state index contributed by atoms with van der Waals surface area (Å²) in [5.41, 5.74) is -0.606. The van der Waals surface area contributed by atoms with E-state index in [-0.39, 0.29) is 6.61 Å². The Morgan fingerprint density at radius 2 is 1.94 bits per heavy atom. The normalized spacial score (nSPS) is 18.7. The molecule has 0 aliphatic carbocycles. The summed E-state index contributed by atoms with van der Waals surface area (Å²) in [5, 5.41) is 0. The lowest BCUT2D eigenvalue weighted by Crippen LogP contribution is -2.44. The van der Waals surface area contributed by atoms with E-state index < -0.39 is 23.7 Å². The molecule has 1 unspecified atom stereocenters. The third-order valence-electron chi connectivity index (χ3n) is 2.08. The second kappa shape index (κ2) is 5.71. The first-order chi connectivity index (χ1) is 8.35. The summed E-state index contributed by atoms with van der Waals surface area (Å²) in [5.74, 6) is -0.469. The molecule has 5 nitrogen and oxygen atoms in total. The number of rotatable bonds is 2. The van der Waals surface area contributed by atoms with E-state index >= 15 is 0 Å². The smallest absolute Gasteiger partial charge is 0.415 e. The number of amides is 1. The summed E-state index contributed by atoms with van der Waals surface area (Å²) in [4.78, 5) is 24.9. The summed E-state index contributed by atoms with van der Waals surface area (Å²) < 4.78 is 10.1. The van der Waals surface area contributed by atoms with Crippen molar-refractivity contribution in [1.82, 2.24) is 4.90 Å². The quantitative estimate of drug-likeness (QED) is 0.708. The highest BCUT2D eigenvalue weighted by molar-refractivity contribution is 5.84. The van der Waals surface area contributed by atoms with Crippen LogP contribution in [-0.4, -0.2) is 35.2 Å². The van der Waals surface area contributed by atoms with Gasteiger partial charge in [-0.05, 0) is 33.8 Å². The molecule has 1 amide bonds. The largest absolute Gasteiger partial charge is 0.464 e. The van der Waals surface area contributed by atoms with Gasteiger partial charge in [-0.25, -0.2) is 9.59 Å². The van der Waals surface area contributed by atoms with Gasteiger partial charge in [-0.2, -0.15) is 0 Å². The fourth-order valence-corrected chi connectivity index (χ4v) is 1.41. The van der Waals surface area contributed by atoms with Crippen LogP contribution in [0.2, 0.25) is 0 Å². The van der Waals surface area contributed by atoms with Gasteiger partial charge in [0, 0.05) is 6.20 Å². The minimum atomic E-state index is -0.759. The van der Waals surface area contributed by atoms with Crippen LogP contribution in [0.5, 0.6) is 0 Å². The SMILES string of the molecule is CCOC(=O)C1C=CC=CN1C(=O)OC(C)(C)C. The minimum Gasteiger partial charge on any atom is -0.464 e. The molecule has 1 aliphatic rings. The van der Waals surface area contributed by atoms with Crippen LogP contribution in [0, 0.1) is 0 Å². The van der Waals surface area contributed by atoms with E-state index in [2.05, 4.69) is 0 Å². The molecule has 0 aromatic rings. The molecule has 1 atom stereocenters. The first kappa shape index (κ1) is 14.3. The van der Waals surface area contributed by atoms with E-state index in [1.165, 1.54) is 11.1 Å². The summed E-state index contributed by atoms with van der Waals surface area (Å²) in [6, 6.07) is -0.759. The van der Waals surface area contributed by atoms with Crippen LogP contribution >= 0.6 is 0 Å². The Kier molecular flexibility index (Phi) is 4.53. The molecule has 0 saturated heterocycles. The number of ether oxygens (including phenoxy) is 2. The van der Waals surface area contributed by atoms with Crippen molar-refractivity contribution in [1.29, 1.82) is 0 Å². The summed E-state index contributed by atoms with van der Waals surface area (Å²) in [7, 11) is 0. The molecule has 1 heterocycles. The molecule has 100 valence electrons. The molecule has 0 fully saturated rings. The molecule has 0 spiro atoms. The first-order valence-electron chi connectivity index (χ1n) is 5.88. The second-order valence-electron chi connectivity index (χ2n) is 4.81. The highest BCUT2D eigenvalue weighted by Gasteiger charge is 2.31. The third kappa shape index (κ3) is 3.91. The van der Waals surface area contributed by atoms with Gasteiger partial charge in [-0.3, -0.25) is 4.90 Å². The van der Waals surface area contributed by atoms with Gasteiger partial charge in [0.1, 0.15) is 5.60 Å². The maximum atomic E-state index is 11.9. The number of hydrogen-bond donors (Lipinski definition) is 0. The Balaban J connectivity index is 2.78. The van der Waals surface area contributed by atoms with Gasteiger partial charge in [0.15, 0.2) is 6.04 Å². The molecule has 0 aromatic carbocycles. The lowest BCUT2D eigenvalue weighted by atomic mass is 10.2. The molecule has 1 aliphatic heterocycles. The van der Waals surface area contributed by atoms with Crippen LogP contribution in [-0.2, 0) is 14.3 Å². The molecule has 0 saturated carbocycles. The Morgan fingerprint density at radius 3 is 2.50 bits per heavy atom. The molecule has 0 radical (unpaired) electrons. The van der Waals surface area contributed by atoms with Crippen LogP contribution in [0.1, 0.15) is 27.7 Å². The van der Waals surface area contributed by atoms with Crippen molar-refractivity contribution in [3.63, 3.8) is 0 Å². The number of esters is 1. The Hall–Kier alpha value is -1.78. The van der Waals surface area contributed by atoms with E-state index in [0.717, 1.165) is 0 Å². The summed E-state index contributed by atoms with van der Waals surface area (Å²) >= 11 is 0. The number of hydrogen-bond acceptors (Lipinski definition) is 4. The molecule has 5 heteroatoms. The average molecular weight is 253 g/mol. The zero-order chi connectivity index (χ0) is 13.8. The van der Waals surface area contributed by atoms with Gasteiger partial charge >= 0.3 is 12.1 Å². The number of carbonyl (C=O) groups excluding carboxylic acids is 2. The standard InChI is InChI=1S/C13H19NO4/c1-5-17-11(15)10-8-6-7-9-14(10)12(16)18-13(2,3)4/h6-10H,5H2,1-4H3. The van der Waals surface area contributed by atoms with E-state index in [1.807, 2.05) is 0 Å². The zero-order valence-corrected chi connectivity index (χ0v) is 11.2. The van der Waals surface area contributed by atoms with Crippen molar-refractivity contribution in [2.24, 2.45) is 0 Å². The fourth-order valence-electron chi connectivity index (χ4n) is 1.41. The molecule has 0 N–H and O–H groups in total. The van der Waals surface area contributed by atoms with Crippen molar-refractivity contribution >= 4 is 12.1 Å². The van der Waals surface area contributed by atoms with Gasteiger partial charge < -0.3 is 9.47 Å². The van der Waals surface area contributed by atoms with Crippen molar-refractivity contribution < 1.29 is 19.1 Å². The monoisotopic (exact) mass is 253 g/mol. The van der Waals surface area contributed by atoms with E-state index in [0.29, 0.717) is 0 Å². The second-order valence-corrected chi connectivity index (χ2v) is 4.81. The van der Waals surface area contributed by atoms with Crippen LogP contribution in [0.4, 0.5) is 4.79 Å². The van der Waals surface area contributed by atoms with Crippen LogP contribution in [0.15, 0.2) is 24.4 Å². The van der Waals surface area contributed by atoms with Gasteiger partial charge in [0.2, 0.25) is 0 Å². The highest BCUT2D eigenvalue weighted by atomic mass is 16.6. The van der Waals surface area contributed by atoms with E-state index in [4.69, 9.17) is 9.47 Å². The molecule has 1 rings (SSSR count). The van der Waals surface area contributed by atoms with E-state index in [9.17, 15) is 9.59 Å². The van der Waals surface area contributed by atoms with Crippen LogP contribution < -0.4 is 0 Å². The van der Waals surface area contributed by atoms with Crippen LogP contribution in [0.3, 0.4) is 0 Å². The third-order valence-corrected chi connectivity index (χ3v) is 2.08. The lowest BCUT2D eigenvalue weighted by Gasteiger charge is -2.29. The lowest BCUT2D eigenvalue weighted by molar-refractivity contribution is -0.146. The van der Waals surface area contributed by atoms with Crippen molar-refractivity contribution in [3.05, 3.63) is 24.4 Å². The highest BCUT2D eigenvalue weighted by Crippen LogP contribution is 2.16. The maximum Gasteiger partial charge on any atom is 0.415 e. The topological polar surface area (TPSA) is 55.8 Å². The van der Waals surface area contributed by atoms with Gasteiger partial charge in [-0.1, -0.05) is 12.2 Å². The maximum absolute atomic E-state index is 11.9. The number of nitrogens with zero attached hydrogens (tertiary/aromatic N) is 1. The summed E-state index contributed by atoms with van der Waals surface area (Å²) in [6.07, 6.45) is 5.90. The Morgan fingerprint density at radius 1 is 1.28 bits per heavy atom. The van der Waals surface area contributed by atoms with Crippen molar-refractivity contribution in [2.45, 2.75) is 39.3 Å². The number of allylic oxidation sites excluding steroid dienone is 2. The zero-order valence-electron chi connectivity index (χ0n) is 11.2. The Labute approximate surface area is 107 Å². The molecule has 0 aromatic heterocycles. The van der Waals surface area contributed by atoms with Crippen LogP contribution in [0.25, 0.3) is 0 Å². The van der Waals surface area contributed by atoms with Crippen molar-refractivity contribution in [2.75, 3.05) is 6.61 Å². The minimum absolute atomic E-state index is 0.273. The summed E-state index contributed by atoms with van der Waals surface area (Å²) in [6.45, 7) is 7.31. The Bertz CT molecular complexity index is 379. The van der Waals surface area contributed by atoms with E-state index in [1.54, 1.807) is 45.9 Å². The van der Waals surface area contributed by atoms with Gasteiger partial charge in [0.05, 0.1) is 6.61 Å².